The molecule has 4 rings (SSSR count). The van der Waals surface area contributed by atoms with Gasteiger partial charge in [-0.1, -0.05) is 25.0 Å². The number of piperazine rings is 1. The third kappa shape index (κ3) is 3.83. The smallest absolute Gasteiger partial charge is 0.237 e. The zero-order valence-corrected chi connectivity index (χ0v) is 15.9. The number of amides is 1. The van der Waals surface area contributed by atoms with E-state index >= 15 is 0 Å². The molecule has 0 atom stereocenters. The van der Waals surface area contributed by atoms with Gasteiger partial charge in [-0.15, -0.1) is 0 Å². The van der Waals surface area contributed by atoms with E-state index in [0.717, 1.165) is 37.6 Å². The van der Waals surface area contributed by atoms with Crippen LogP contribution in [0, 0.1) is 0 Å². The maximum atomic E-state index is 13.0. The van der Waals surface area contributed by atoms with E-state index in [0.29, 0.717) is 24.5 Å². The van der Waals surface area contributed by atoms with Gasteiger partial charge >= 0.3 is 0 Å². The summed E-state index contributed by atoms with van der Waals surface area (Å²) in [4.78, 5) is 19.9. The molecule has 0 radical (unpaired) electrons. The van der Waals surface area contributed by atoms with Crippen molar-refractivity contribution in [1.29, 1.82) is 0 Å². The first kappa shape index (κ1) is 17.7. The Morgan fingerprint density at radius 2 is 1.69 bits per heavy atom. The van der Waals surface area contributed by atoms with Crippen molar-refractivity contribution in [3.8, 4) is 5.75 Å². The Labute approximate surface area is 156 Å². The van der Waals surface area contributed by atoms with Gasteiger partial charge in [-0.05, 0) is 37.8 Å². The first-order chi connectivity index (χ1) is 12.8. The standard InChI is InChI=1S/C21H31N3O2/c1-26-20-9-5-4-8-19(20)23-14-12-22(13-15-23)16-21(25)24(18-10-11-18)17-6-2-3-7-17/h4-5,8-9,17-18H,2-3,6-7,10-16H2,1H3. The van der Waals surface area contributed by atoms with E-state index in [4.69, 9.17) is 4.74 Å². The van der Waals surface area contributed by atoms with Gasteiger partial charge in [-0.2, -0.15) is 0 Å². The van der Waals surface area contributed by atoms with Gasteiger partial charge < -0.3 is 14.5 Å². The minimum absolute atomic E-state index is 0.366. The van der Waals surface area contributed by atoms with Gasteiger partial charge in [0.15, 0.2) is 0 Å². The van der Waals surface area contributed by atoms with Gasteiger partial charge in [0.05, 0.1) is 19.3 Å². The normalized spacial score (nSPS) is 21.8. The van der Waals surface area contributed by atoms with Gasteiger partial charge in [0.2, 0.25) is 5.91 Å². The van der Waals surface area contributed by atoms with Crippen LogP contribution in [0.25, 0.3) is 0 Å². The molecular weight excluding hydrogens is 326 g/mol. The number of carbonyl (C=O) groups excluding carboxylic acids is 1. The minimum Gasteiger partial charge on any atom is -0.495 e. The molecule has 26 heavy (non-hydrogen) atoms. The van der Waals surface area contributed by atoms with Crippen molar-refractivity contribution in [2.75, 3.05) is 44.7 Å². The third-order valence-electron chi connectivity index (χ3n) is 6.10. The van der Waals surface area contributed by atoms with Crippen molar-refractivity contribution in [2.45, 2.75) is 50.6 Å². The molecular formula is C21H31N3O2. The van der Waals surface area contributed by atoms with Crippen LogP contribution in [0.5, 0.6) is 5.75 Å². The van der Waals surface area contributed by atoms with Crippen LogP contribution in [0.2, 0.25) is 0 Å². The average molecular weight is 357 g/mol. The lowest BCUT2D eigenvalue weighted by Gasteiger charge is -2.38. The molecule has 0 aromatic heterocycles. The van der Waals surface area contributed by atoms with Crippen LogP contribution in [-0.2, 0) is 4.79 Å². The van der Waals surface area contributed by atoms with Gasteiger partial charge in [0.25, 0.3) is 0 Å². The highest BCUT2D eigenvalue weighted by Gasteiger charge is 2.38. The van der Waals surface area contributed by atoms with Crippen LogP contribution in [0.3, 0.4) is 0 Å². The van der Waals surface area contributed by atoms with Crippen molar-refractivity contribution in [3.05, 3.63) is 24.3 Å². The SMILES string of the molecule is COc1ccccc1N1CCN(CC(=O)N(C2CCCC2)C2CC2)CC1. The predicted molar refractivity (Wildman–Crippen MR) is 104 cm³/mol. The van der Waals surface area contributed by atoms with E-state index in [1.165, 1.54) is 38.5 Å². The number of nitrogens with zero attached hydrogens (tertiary/aromatic N) is 3. The molecule has 1 aromatic carbocycles. The number of benzene rings is 1. The lowest BCUT2D eigenvalue weighted by molar-refractivity contribution is -0.135. The maximum Gasteiger partial charge on any atom is 0.237 e. The average Bonchev–Trinajstić information content (AvgIpc) is 3.36. The summed E-state index contributed by atoms with van der Waals surface area (Å²) < 4.78 is 5.50. The molecule has 3 aliphatic rings. The monoisotopic (exact) mass is 357 g/mol. The summed E-state index contributed by atoms with van der Waals surface area (Å²) in [6.07, 6.45) is 7.43. The quantitative estimate of drug-likeness (QED) is 0.784. The number of carbonyl (C=O) groups is 1. The molecule has 1 aliphatic heterocycles. The zero-order chi connectivity index (χ0) is 17.9. The number of para-hydroxylation sites is 2. The molecule has 0 spiro atoms. The van der Waals surface area contributed by atoms with Crippen LogP contribution < -0.4 is 9.64 Å². The second kappa shape index (κ2) is 7.87. The van der Waals surface area contributed by atoms with Gasteiger partial charge in [-0.3, -0.25) is 9.69 Å². The van der Waals surface area contributed by atoms with E-state index in [1.807, 2.05) is 12.1 Å². The van der Waals surface area contributed by atoms with Crippen molar-refractivity contribution in [1.82, 2.24) is 9.80 Å². The summed E-state index contributed by atoms with van der Waals surface area (Å²) in [6, 6.07) is 9.26. The number of hydrogen-bond acceptors (Lipinski definition) is 4. The number of rotatable bonds is 6. The fourth-order valence-electron chi connectivity index (χ4n) is 4.55. The third-order valence-corrected chi connectivity index (χ3v) is 6.10. The Balaban J connectivity index is 1.32. The van der Waals surface area contributed by atoms with Crippen molar-refractivity contribution >= 4 is 11.6 Å². The number of hydrogen-bond donors (Lipinski definition) is 0. The minimum atomic E-state index is 0.366. The Kier molecular flexibility index (Phi) is 5.34. The van der Waals surface area contributed by atoms with Gasteiger partial charge in [-0.25, -0.2) is 0 Å². The van der Waals surface area contributed by atoms with Crippen LogP contribution in [-0.4, -0.2) is 67.6 Å². The fraction of sp³-hybridized carbons (Fsp3) is 0.667. The van der Waals surface area contributed by atoms with Gasteiger partial charge in [0, 0.05) is 38.3 Å². The molecule has 0 N–H and O–H groups in total. The lowest BCUT2D eigenvalue weighted by Crippen LogP contribution is -2.52. The highest BCUT2D eigenvalue weighted by atomic mass is 16.5. The van der Waals surface area contributed by atoms with E-state index < -0.39 is 0 Å². The zero-order valence-electron chi connectivity index (χ0n) is 15.9. The summed E-state index contributed by atoms with van der Waals surface area (Å²) in [5.41, 5.74) is 1.16. The van der Waals surface area contributed by atoms with E-state index in [1.54, 1.807) is 7.11 Å². The first-order valence-corrected chi connectivity index (χ1v) is 10.2. The number of ether oxygens (including phenoxy) is 1. The second-order valence-electron chi connectivity index (χ2n) is 7.91. The topological polar surface area (TPSA) is 36.0 Å². The molecule has 2 saturated carbocycles. The van der Waals surface area contributed by atoms with E-state index in [9.17, 15) is 4.79 Å². The molecule has 1 aromatic rings. The molecule has 1 saturated heterocycles. The largest absolute Gasteiger partial charge is 0.495 e. The summed E-state index contributed by atoms with van der Waals surface area (Å²) in [7, 11) is 1.73. The Morgan fingerprint density at radius 3 is 2.35 bits per heavy atom. The lowest BCUT2D eigenvalue weighted by atomic mass is 10.2. The molecule has 0 unspecified atom stereocenters. The van der Waals surface area contributed by atoms with Crippen LogP contribution in [0.4, 0.5) is 5.69 Å². The summed E-state index contributed by atoms with van der Waals surface area (Å²) in [5.74, 6) is 1.29. The summed E-state index contributed by atoms with van der Waals surface area (Å²) in [5, 5.41) is 0. The molecule has 1 amide bonds. The molecule has 3 fully saturated rings. The van der Waals surface area contributed by atoms with Crippen molar-refractivity contribution in [2.24, 2.45) is 0 Å². The van der Waals surface area contributed by atoms with Crippen molar-refractivity contribution in [3.63, 3.8) is 0 Å². The van der Waals surface area contributed by atoms with Crippen LogP contribution in [0.15, 0.2) is 24.3 Å². The predicted octanol–water partition coefficient (Wildman–Crippen LogP) is 2.75. The maximum absolute atomic E-state index is 13.0. The summed E-state index contributed by atoms with van der Waals surface area (Å²) >= 11 is 0. The van der Waals surface area contributed by atoms with E-state index in [-0.39, 0.29) is 0 Å². The number of methoxy groups -OCH3 is 1. The molecule has 2 aliphatic carbocycles. The van der Waals surface area contributed by atoms with Gasteiger partial charge in [0.1, 0.15) is 5.75 Å². The van der Waals surface area contributed by atoms with Crippen molar-refractivity contribution < 1.29 is 9.53 Å². The van der Waals surface area contributed by atoms with E-state index in [2.05, 4.69) is 26.8 Å². The van der Waals surface area contributed by atoms with Crippen LogP contribution >= 0.6 is 0 Å². The molecule has 5 nitrogen and oxygen atoms in total. The molecule has 1 heterocycles. The Morgan fingerprint density at radius 1 is 1.04 bits per heavy atom. The Hall–Kier alpha value is -1.75. The fourth-order valence-corrected chi connectivity index (χ4v) is 4.55. The second-order valence-corrected chi connectivity index (χ2v) is 7.91. The molecule has 0 bridgehead atoms. The first-order valence-electron chi connectivity index (χ1n) is 10.2. The van der Waals surface area contributed by atoms with Crippen LogP contribution in [0.1, 0.15) is 38.5 Å². The summed E-state index contributed by atoms with van der Waals surface area (Å²) in [6.45, 7) is 4.35. The molecule has 142 valence electrons. The number of anilines is 1. The molecule has 5 heteroatoms. The highest BCUT2D eigenvalue weighted by Crippen LogP contribution is 2.34. The highest BCUT2D eigenvalue weighted by molar-refractivity contribution is 5.79. The Bertz CT molecular complexity index is 617.